The van der Waals surface area contributed by atoms with E-state index in [1.165, 1.54) is 0 Å². The molecule has 1 atom stereocenters. The molecule has 1 fully saturated rings. The van der Waals surface area contributed by atoms with E-state index in [2.05, 4.69) is 22.5 Å². The molecule has 1 saturated heterocycles. The zero-order valence-electron chi connectivity index (χ0n) is 9.73. The van der Waals surface area contributed by atoms with E-state index in [0.29, 0.717) is 5.92 Å². The number of aliphatic imine (C=N–C) groups is 1. The zero-order chi connectivity index (χ0) is 11.7. The largest absolute Gasteiger partial charge is 0.317 e. The molecule has 3 aliphatic rings. The number of carbonyl (C=O) groups excluding carboxylic acids is 1. The van der Waals surface area contributed by atoms with Crippen molar-refractivity contribution in [2.75, 3.05) is 13.1 Å². The Labute approximate surface area is 101 Å². The van der Waals surface area contributed by atoms with Crippen molar-refractivity contribution < 1.29 is 4.79 Å². The molecule has 2 heterocycles. The van der Waals surface area contributed by atoms with Gasteiger partial charge in [-0.1, -0.05) is 24.3 Å². The van der Waals surface area contributed by atoms with E-state index in [-0.39, 0.29) is 11.8 Å². The second-order valence-corrected chi connectivity index (χ2v) is 4.76. The standard InChI is InChI=1S/C14H16N2O/c17-14-12(10-5-7-15-8-6-10)9-11-3-1-2-4-13(11)16-14/h1-4,9-11,15H,5-8H2. The van der Waals surface area contributed by atoms with Gasteiger partial charge in [-0.2, -0.15) is 0 Å². The Morgan fingerprint density at radius 1 is 1.24 bits per heavy atom. The van der Waals surface area contributed by atoms with Gasteiger partial charge in [0, 0.05) is 11.5 Å². The molecular weight excluding hydrogens is 212 g/mol. The Morgan fingerprint density at radius 2 is 2.06 bits per heavy atom. The maximum atomic E-state index is 12.0. The number of allylic oxidation sites excluding steroid dienone is 5. The van der Waals surface area contributed by atoms with E-state index in [1.54, 1.807) is 0 Å². The monoisotopic (exact) mass is 228 g/mol. The number of rotatable bonds is 1. The average molecular weight is 228 g/mol. The van der Waals surface area contributed by atoms with Gasteiger partial charge in [-0.3, -0.25) is 4.79 Å². The maximum Gasteiger partial charge on any atom is 0.273 e. The summed E-state index contributed by atoms with van der Waals surface area (Å²) in [7, 11) is 0. The number of amides is 1. The summed E-state index contributed by atoms with van der Waals surface area (Å²) in [5, 5.41) is 3.33. The van der Waals surface area contributed by atoms with Gasteiger partial charge in [-0.25, -0.2) is 4.99 Å². The maximum absolute atomic E-state index is 12.0. The Morgan fingerprint density at radius 3 is 2.88 bits per heavy atom. The van der Waals surface area contributed by atoms with Crippen LogP contribution in [0.4, 0.5) is 0 Å². The number of nitrogens with zero attached hydrogens (tertiary/aromatic N) is 1. The predicted molar refractivity (Wildman–Crippen MR) is 67.9 cm³/mol. The molecule has 0 aromatic rings. The third-order valence-electron chi connectivity index (χ3n) is 3.65. The van der Waals surface area contributed by atoms with Crippen molar-refractivity contribution in [3.8, 4) is 0 Å². The van der Waals surface area contributed by atoms with Crippen molar-refractivity contribution in [2.45, 2.75) is 12.8 Å². The molecule has 1 amide bonds. The van der Waals surface area contributed by atoms with Crippen molar-refractivity contribution in [1.82, 2.24) is 5.32 Å². The first-order valence-corrected chi connectivity index (χ1v) is 6.25. The third-order valence-corrected chi connectivity index (χ3v) is 3.65. The van der Waals surface area contributed by atoms with Gasteiger partial charge in [0.15, 0.2) is 0 Å². The summed E-state index contributed by atoms with van der Waals surface area (Å²) >= 11 is 0. The minimum Gasteiger partial charge on any atom is -0.317 e. The number of carbonyl (C=O) groups is 1. The Balaban J connectivity index is 1.86. The van der Waals surface area contributed by atoms with Gasteiger partial charge in [-0.05, 0) is 37.9 Å². The van der Waals surface area contributed by atoms with Crippen LogP contribution in [0, 0.1) is 11.8 Å². The molecule has 0 spiro atoms. The van der Waals surface area contributed by atoms with Gasteiger partial charge in [-0.15, -0.1) is 0 Å². The second-order valence-electron chi connectivity index (χ2n) is 4.76. The van der Waals surface area contributed by atoms with E-state index >= 15 is 0 Å². The molecule has 3 rings (SSSR count). The summed E-state index contributed by atoms with van der Waals surface area (Å²) in [5.41, 5.74) is 1.82. The van der Waals surface area contributed by atoms with Crippen LogP contribution in [0.3, 0.4) is 0 Å². The highest BCUT2D eigenvalue weighted by atomic mass is 16.1. The zero-order valence-corrected chi connectivity index (χ0v) is 9.73. The number of hydrogen-bond donors (Lipinski definition) is 1. The first-order valence-electron chi connectivity index (χ1n) is 6.25. The lowest BCUT2D eigenvalue weighted by molar-refractivity contribution is -0.115. The number of fused-ring (bicyclic) bond motifs is 1. The fourth-order valence-corrected chi connectivity index (χ4v) is 2.69. The first kappa shape index (κ1) is 10.7. The van der Waals surface area contributed by atoms with Crippen molar-refractivity contribution >= 4 is 11.6 Å². The molecule has 0 aromatic heterocycles. The topological polar surface area (TPSA) is 41.5 Å². The number of nitrogens with one attached hydrogen (secondary N) is 1. The molecule has 1 N–H and O–H groups in total. The number of dihydropyridines is 1. The highest BCUT2D eigenvalue weighted by Crippen LogP contribution is 2.28. The molecule has 0 saturated carbocycles. The van der Waals surface area contributed by atoms with Crippen LogP contribution in [0.1, 0.15) is 12.8 Å². The lowest BCUT2D eigenvalue weighted by atomic mass is 9.83. The van der Waals surface area contributed by atoms with Gasteiger partial charge in [0.2, 0.25) is 0 Å². The van der Waals surface area contributed by atoms with Crippen LogP contribution in [-0.2, 0) is 4.79 Å². The molecule has 2 aliphatic heterocycles. The van der Waals surface area contributed by atoms with E-state index in [9.17, 15) is 4.79 Å². The summed E-state index contributed by atoms with van der Waals surface area (Å²) in [6, 6.07) is 0. The van der Waals surface area contributed by atoms with Crippen LogP contribution in [0.15, 0.2) is 40.9 Å². The van der Waals surface area contributed by atoms with Gasteiger partial charge in [0.05, 0.1) is 5.71 Å². The number of hydrogen-bond acceptors (Lipinski definition) is 2. The quantitative estimate of drug-likeness (QED) is 0.741. The summed E-state index contributed by atoms with van der Waals surface area (Å²) < 4.78 is 0. The highest BCUT2D eigenvalue weighted by molar-refractivity contribution is 6.13. The second kappa shape index (κ2) is 4.41. The molecule has 3 heteroatoms. The van der Waals surface area contributed by atoms with E-state index < -0.39 is 0 Å². The molecule has 0 aromatic carbocycles. The molecule has 0 radical (unpaired) electrons. The molecule has 1 unspecified atom stereocenters. The minimum atomic E-state index is -0.0249. The fourth-order valence-electron chi connectivity index (χ4n) is 2.69. The minimum absolute atomic E-state index is 0.0249. The first-order chi connectivity index (χ1) is 8.34. The molecule has 17 heavy (non-hydrogen) atoms. The van der Waals surface area contributed by atoms with Crippen LogP contribution >= 0.6 is 0 Å². The lowest BCUT2D eigenvalue weighted by Gasteiger charge is -2.27. The fraction of sp³-hybridized carbons (Fsp3) is 0.429. The molecule has 88 valence electrons. The molecule has 1 aliphatic carbocycles. The Hall–Kier alpha value is -1.48. The molecular formula is C14H16N2O. The summed E-state index contributed by atoms with van der Waals surface area (Å²) in [6.45, 7) is 2.01. The van der Waals surface area contributed by atoms with Gasteiger partial charge in [0.25, 0.3) is 5.91 Å². The van der Waals surface area contributed by atoms with Crippen LogP contribution in [-0.4, -0.2) is 24.7 Å². The average Bonchev–Trinajstić information content (AvgIpc) is 2.39. The van der Waals surface area contributed by atoms with Crippen LogP contribution < -0.4 is 5.32 Å². The van der Waals surface area contributed by atoms with Crippen molar-refractivity contribution in [2.24, 2.45) is 16.8 Å². The molecule has 3 nitrogen and oxygen atoms in total. The SMILES string of the molecule is O=C1N=C2C=CC=CC2C=C1C1CCNCC1. The van der Waals surface area contributed by atoms with E-state index in [0.717, 1.165) is 37.2 Å². The summed E-state index contributed by atoms with van der Waals surface area (Å²) in [5.74, 6) is 0.582. The highest BCUT2D eigenvalue weighted by Gasteiger charge is 2.28. The van der Waals surface area contributed by atoms with Gasteiger partial charge >= 0.3 is 0 Å². The Bertz CT molecular complexity index is 451. The molecule has 0 bridgehead atoms. The smallest absolute Gasteiger partial charge is 0.273 e. The third kappa shape index (κ3) is 2.03. The van der Waals surface area contributed by atoms with Crippen molar-refractivity contribution in [1.29, 1.82) is 0 Å². The predicted octanol–water partition coefficient (Wildman–Crippen LogP) is 1.64. The van der Waals surface area contributed by atoms with E-state index in [4.69, 9.17) is 0 Å². The van der Waals surface area contributed by atoms with Crippen LogP contribution in [0.2, 0.25) is 0 Å². The summed E-state index contributed by atoms with van der Waals surface area (Å²) in [4.78, 5) is 16.2. The van der Waals surface area contributed by atoms with Crippen molar-refractivity contribution in [3.05, 3.63) is 36.0 Å². The summed E-state index contributed by atoms with van der Waals surface area (Å²) in [6.07, 6.45) is 12.2. The normalized spacial score (nSPS) is 28.7. The number of piperidine rings is 1. The van der Waals surface area contributed by atoms with Crippen LogP contribution in [0.25, 0.3) is 0 Å². The van der Waals surface area contributed by atoms with Crippen molar-refractivity contribution in [3.63, 3.8) is 0 Å². The lowest BCUT2D eigenvalue weighted by Crippen LogP contribution is -2.32. The van der Waals surface area contributed by atoms with Gasteiger partial charge in [0.1, 0.15) is 0 Å². The Kier molecular flexibility index (Phi) is 2.77. The van der Waals surface area contributed by atoms with Crippen LogP contribution in [0.5, 0.6) is 0 Å². The van der Waals surface area contributed by atoms with E-state index in [1.807, 2.05) is 18.2 Å². The van der Waals surface area contributed by atoms with Gasteiger partial charge < -0.3 is 5.32 Å².